The van der Waals surface area contributed by atoms with Crippen LogP contribution in [0.2, 0.25) is 0 Å². The standard InChI is InChI=1S/C10H18N2O3/c1-12-6-4-3-5-8(12)7-11-9(13)10(14)15-2/h8H,3-7H2,1-2H3,(H,11,13). The van der Waals surface area contributed by atoms with Crippen LogP contribution < -0.4 is 5.32 Å². The van der Waals surface area contributed by atoms with Crippen LogP contribution in [0.1, 0.15) is 19.3 Å². The Labute approximate surface area is 89.8 Å². The fourth-order valence-corrected chi connectivity index (χ4v) is 1.78. The van der Waals surface area contributed by atoms with E-state index in [0.29, 0.717) is 12.6 Å². The van der Waals surface area contributed by atoms with Gasteiger partial charge in [-0.25, -0.2) is 4.79 Å². The van der Waals surface area contributed by atoms with Crippen molar-refractivity contribution in [1.29, 1.82) is 0 Å². The van der Waals surface area contributed by atoms with Gasteiger partial charge in [-0.1, -0.05) is 6.42 Å². The maximum absolute atomic E-state index is 11.1. The molecule has 0 aromatic heterocycles. The third-order valence-corrected chi connectivity index (χ3v) is 2.79. The van der Waals surface area contributed by atoms with E-state index in [1.807, 2.05) is 7.05 Å². The zero-order valence-corrected chi connectivity index (χ0v) is 9.28. The van der Waals surface area contributed by atoms with Gasteiger partial charge in [0, 0.05) is 12.6 Å². The van der Waals surface area contributed by atoms with Gasteiger partial charge in [-0.05, 0) is 26.4 Å². The Balaban J connectivity index is 2.29. The average molecular weight is 214 g/mol. The van der Waals surface area contributed by atoms with Gasteiger partial charge in [-0.3, -0.25) is 4.79 Å². The number of hydrogen-bond donors (Lipinski definition) is 1. The summed E-state index contributed by atoms with van der Waals surface area (Å²) < 4.78 is 4.31. The first-order valence-electron chi connectivity index (χ1n) is 5.21. The highest BCUT2D eigenvalue weighted by Gasteiger charge is 2.21. The molecule has 1 aliphatic rings. The minimum absolute atomic E-state index is 0.340. The number of esters is 1. The molecule has 0 aromatic rings. The van der Waals surface area contributed by atoms with Gasteiger partial charge in [0.2, 0.25) is 0 Å². The molecule has 0 spiro atoms. The van der Waals surface area contributed by atoms with Crippen LogP contribution in [0.5, 0.6) is 0 Å². The van der Waals surface area contributed by atoms with Crippen molar-refractivity contribution in [2.24, 2.45) is 0 Å². The molecule has 0 aliphatic carbocycles. The van der Waals surface area contributed by atoms with Crippen LogP contribution in [0.25, 0.3) is 0 Å². The molecular weight excluding hydrogens is 196 g/mol. The Morgan fingerprint density at radius 3 is 2.80 bits per heavy atom. The van der Waals surface area contributed by atoms with E-state index >= 15 is 0 Å². The second-order valence-electron chi connectivity index (χ2n) is 3.83. The maximum Gasteiger partial charge on any atom is 0.396 e. The molecule has 15 heavy (non-hydrogen) atoms. The number of amides is 1. The highest BCUT2D eigenvalue weighted by atomic mass is 16.5. The van der Waals surface area contributed by atoms with Crippen molar-refractivity contribution in [3.63, 3.8) is 0 Å². The summed E-state index contributed by atoms with van der Waals surface area (Å²) in [7, 11) is 3.24. The topological polar surface area (TPSA) is 58.6 Å². The van der Waals surface area contributed by atoms with Crippen molar-refractivity contribution < 1.29 is 14.3 Å². The van der Waals surface area contributed by atoms with E-state index in [1.54, 1.807) is 0 Å². The van der Waals surface area contributed by atoms with Gasteiger partial charge in [0.05, 0.1) is 7.11 Å². The molecule has 86 valence electrons. The molecule has 1 heterocycles. The summed E-state index contributed by atoms with van der Waals surface area (Å²) in [5.74, 6) is -1.48. The summed E-state index contributed by atoms with van der Waals surface area (Å²) in [6.45, 7) is 1.57. The predicted molar refractivity (Wildman–Crippen MR) is 55.3 cm³/mol. The highest BCUT2D eigenvalue weighted by molar-refractivity contribution is 6.32. The van der Waals surface area contributed by atoms with E-state index in [4.69, 9.17) is 0 Å². The van der Waals surface area contributed by atoms with Crippen LogP contribution in [-0.2, 0) is 14.3 Å². The summed E-state index contributed by atoms with van der Waals surface area (Å²) >= 11 is 0. The molecular formula is C10H18N2O3. The molecule has 0 radical (unpaired) electrons. The lowest BCUT2D eigenvalue weighted by atomic mass is 10.0. The van der Waals surface area contributed by atoms with Gasteiger partial charge >= 0.3 is 11.9 Å². The Kier molecular flexibility index (Phi) is 4.55. The first-order chi connectivity index (χ1) is 7.15. The second-order valence-corrected chi connectivity index (χ2v) is 3.83. The molecule has 0 aromatic carbocycles. The molecule has 1 unspecified atom stereocenters. The number of carbonyl (C=O) groups excluding carboxylic acids is 2. The molecule has 1 rings (SSSR count). The Morgan fingerprint density at radius 1 is 1.47 bits per heavy atom. The highest BCUT2D eigenvalue weighted by Crippen LogP contribution is 2.13. The molecule has 1 amide bonds. The molecule has 1 N–H and O–H groups in total. The first kappa shape index (κ1) is 12.0. The Bertz CT molecular complexity index is 243. The molecule has 0 bridgehead atoms. The van der Waals surface area contributed by atoms with Crippen molar-refractivity contribution in [1.82, 2.24) is 10.2 Å². The Morgan fingerprint density at radius 2 is 2.20 bits per heavy atom. The third kappa shape index (κ3) is 3.51. The lowest BCUT2D eigenvalue weighted by Crippen LogP contribution is -2.46. The van der Waals surface area contributed by atoms with E-state index in [9.17, 15) is 9.59 Å². The van der Waals surface area contributed by atoms with E-state index < -0.39 is 11.9 Å². The number of nitrogens with one attached hydrogen (secondary N) is 1. The average Bonchev–Trinajstić information content (AvgIpc) is 2.26. The van der Waals surface area contributed by atoms with E-state index in [1.165, 1.54) is 20.0 Å². The summed E-state index contributed by atoms with van der Waals surface area (Å²) in [4.78, 5) is 24.1. The van der Waals surface area contributed by atoms with Crippen molar-refractivity contribution in [3.05, 3.63) is 0 Å². The summed E-state index contributed by atoms with van der Waals surface area (Å²) in [6, 6.07) is 0.340. The maximum atomic E-state index is 11.1. The minimum atomic E-state index is -0.825. The largest absolute Gasteiger partial charge is 0.462 e. The Hall–Kier alpha value is -1.10. The quantitative estimate of drug-likeness (QED) is 0.509. The number of likely N-dealkylation sites (N-methyl/N-ethyl adjacent to an activating group) is 1. The number of ether oxygens (including phenoxy) is 1. The van der Waals surface area contributed by atoms with Gasteiger partial charge < -0.3 is 15.0 Å². The number of methoxy groups -OCH3 is 1. The predicted octanol–water partition coefficient (Wildman–Crippen LogP) is -0.240. The van der Waals surface area contributed by atoms with Crippen molar-refractivity contribution >= 4 is 11.9 Å². The lowest BCUT2D eigenvalue weighted by Gasteiger charge is -2.32. The molecule has 1 aliphatic heterocycles. The smallest absolute Gasteiger partial charge is 0.396 e. The zero-order valence-electron chi connectivity index (χ0n) is 9.28. The van der Waals surface area contributed by atoms with Crippen LogP contribution in [0.4, 0.5) is 0 Å². The molecule has 5 nitrogen and oxygen atoms in total. The third-order valence-electron chi connectivity index (χ3n) is 2.79. The first-order valence-corrected chi connectivity index (χ1v) is 5.21. The van der Waals surface area contributed by atoms with Crippen molar-refractivity contribution in [2.45, 2.75) is 25.3 Å². The minimum Gasteiger partial charge on any atom is -0.462 e. The number of rotatable bonds is 2. The van der Waals surface area contributed by atoms with Crippen LogP contribution >= 0.6 is 0 Å². The summed E-state index contributed by atoms with van der Waals surface area (Å²) in [6.07, 6.45) is 3.46. The molecule has 5 heteroatoms. The van der Waals surface area contributed by atoms with Gasteiger partial charge in [-0.15, -0.1) is 0 Å². The van der Waals surface area contributed by atoms with Gasteiger partial charge in [0.1, 0.15) is 0 Å². The molecule has 1 fully saturated rings. The zero-order chi connectivity index (χ0) is 11.3. The van der Waals surface area contributed by atoms with E-state index in [-0.39, 0.29) is 0 Å². The van der Waals surface area contributed by atoms with E-state index in [2.05, 4.69) is 15.0 Å². The monoisotopic (exact) mass is 214 g/mol. The van der Waals surface area contributed by atoms with E-state index in [0.717, 1.165) is 13.0 Å². The van der Waals surface area contributed by atoms with Gasteiger partial charge in [-0.2, -0.15) is 0 Å². The summed E-state index contributed by atoms with van der Waals surface area (Å²) in [5, 5.41) is 2.58. The van der Waals surface area contributed by atoms with Crippen molar-refractivity contribution in [2.75, 3.05) is 27.2 Å². The number of piperidine rings is 1. The van der Waals surface area contributed by atoms with Crippen LogP contribution in [0.15, 0.2) is 0 Å². The SMILES string of the molecule is COC(=O)C(=O)NCC1CCCCN1C. The van der Waals surface area contributed by atoms with Crippen LogP contribution in [-0.4, -0.2) is 50.1 Å². The number of carbonyl (C=O) groups is 2. The fraction of sp³-hybridized carbons (Fsp3) is 0.800. The number of likely N-dealkylation sites (tertiary alicyclic amines) is 1. The molecule has 0 saturated carbocycles. The summed E-state index contributed by atoms with van der Waals surface area (Å²) in [5.41, 5.74) is 0. The van der Waals surface area contributed by atoms with Crippen molar-refractivity contribution in [3.8, 4) is 0 Å². The number of nitrogens with zero attached hydrogens (tertiary/aromatic N) is 1. The van der Waals surface area contributed by atoms with Crippen LogP contribution in [0, 0.1) is 0 Å². The molecule has 1 saturated heterocycles. The fourth-order valence-electron chi connectivity index (χ4n) is 1.78. The molecule has 1 atom stereocenters. The number of hydrogen-bond acceptors (Lipinski definition) is 4. The normalized spacial score (nSPS) is 22.1. The van der Waals surface area contributed by atoms with Crippen LogP contribution in [0.3, 0.4) is 0 Å². The second kappa shape index (κ2) is 5.70. The van der Waals surface area contributed by atoms with Gasteiger partial charge in [0.25, 0.3) is 0 Å². The lowest BCUT2D eigenvalue weighted by molar-refractivity contribution is -0.152. The van der Waals surface area contributed by atoms with Gasteiger partial charge in [0.15, 0.2) is 0 Å².